The number of hydrazine groups is 1. The van der Waals surface area contributed by atoms with Gasteiger partial charge in [-0.1, -0.05) is 19.1 Å². The van der Waals surface area contributed by atoms with Crippen LogP contribution < -0.4 is 10.9 Å². The summed E-state index contributed by atoms with van der Waals surface area (Å²) in [7, 11) is 0. The van der Waals surface area contributed by atoms with Gasteiger partial charge in [0.2, 0.25) is 0 Å². The number of carboxylic acid groups (broad SMARTS) is 1. The van der Waals surface area contributed by atoms with E-state index in [1.807, 2.05) is 6.92 Å². The second kappa shape index (κ2) is 9.15. The van der Waals surface area contributed by atoms with Crippen molar-refractivity contribution in [1.82, 2.24) is 10.9 Å². The lowest BCUT2D eigenvalue weighted by Gasteiger charge is -2.04. The fraction of sp³-hybridized carbons (Fsp3) is 0.333. The van der Waals surface area contributed by atoms with Crippen LogP contribution in [0, 0.1) is 0 Å². The average molecular weight is 254 g/mol. The van der Waals surface area contributed by atoms with Gasteiger partial charge in [-0.25, -0.2) is 5.43 Å². The number of carbonyl (C=O) groups is 2. The summed E-state index contributed by atoms with van der Waals surface area (Å²) < 4.78 is 0. The molecule has 1 aromatic carbocycles. The Kier molecular flexibility index (Phi) is 8.17. The van der Waals surface area contributed by atoms with Gasteiger partial charge in [0.25, 0.3) is 11.9 Å². The van der Waals surface area contributed by atoms with Crippen molar-refractivity contribution in [2.45, 2.75) is 20.5 Å². The van der Waals surface area contributed by atoms with E-state index in [-0.39, 0.29) is 12.5 Å². The van der Waals surface area contributed by atoms with Gasteiger partial charge >= 0.3 is 0 Å². The van der Waals surface area contributed by atoms with Crippen molar-refractivity contribution >= 4 is 11.9 Å². The van der Waals surface area contributed by atoms with E-state index in [1.165, 1.54) is 0 Å². The number of aliphatic hydroxyl groups excluding tert-OH is 1. The third-order valence-electron chi connectivity index (χ3n) is 1.78. The predicted molar refractivity (Wildman–Crippen MR) is 66.8 cm³/mol. The summed E-state index contributed by atoms with van der Waals surface area (Å²) in [6.45, 7) is 3.66. The van der Waals surface area contributed by atoms with E-state index in [0.29, 0.717) is 12.1 Å². The zero-order valence-corrected chi connectivity index (χ0v) is 10.4. The van der Waals surface area contributed by atoms with E-state index >= 15 is 0 Å². The molecule has 0 radical (unpaired) electrons. The average Bonchev–Trinajstić information content (AvgIpc) is 2.35. The van der Waals surface area contributed by atoms with Crippen molar-refractivity contribution < 1.29 is 19.8 Å². The van der Waals surface area contributed by atoms with Crippen LogP contribution >= 0.6 is 0 Å². The third kappa shape index (κ3) is 7.37. The van der Waals surface area contributed by atoms with Gasteiger partial charge in [0, 0.05) is 19.0 Å². The summed E-state index contributed by atoms with van der Waals surface area (Å²) in [5, 5.41) is 16.2. The van der Waals surface area contributed by atoms with Crippen LogP contribution in [0.3, 0.4) is 0 Å². The molecule has 6 heteroatoms. The van der Waals surface area contributed by atoms with Gasteiger partial charge in [0.1, 0.15) is 0 Å². The molecule has 0 aliphatic rings. The summed E-state index contributed by atoms with van der Waals surface area (Å²) in [5.41, 5.74) is 6.63. The summed E-state index contributed by atoms with van der Waals surface area (Å²) in [5.74, 6) is -1.00. The number of carbonyl (C=O) groups excluding carboxylic acids is 1. The van der Waals surface area contributed by atoms with Gasteiger partial charge in [0.15, 0.2) is 0 Å². The first-order valence-corrected chi connectivity index (χ1v) is 5.43. The second-order valence-electron chi connectivity index (χ2n) is 3.36. The van der Waals surface area contributed by atoms with Crippen molar-refractivity contribution in [3.05, 3.63) is 35.4 Å². The van der Waals surface area contributed by atoms with Crippen LogP contribution in [-0.4, -0.2) is 28.6 Å². The highest BCUT2D eigenvalue weighted by Crippen LogP contribution is 2.03. The summed E-state index contributed by atoms with van der Waals surface area (Å²) in [4.78, 5) is 20.4. The number of hydrogen-bond acceptors (Lipinski definition) is 4. The van der Waals surface area contributed by atoms with Gasteiger partial charge in [-0.05, 0) is 17.7 Å². The molecule has 0 unspecified atom stereocenters. The fourth-order valence-electron chi connectivity index (χ4n) is 1.00. The molecular weight excluding hydrogens is 236 g/mol. The van der Waals surface area contributed by atoms with Crippen molar-refractivity contribution in [3.63, 3.8) is 0 Å². The maximum absolute atomic E-state index is 11.4. The first kappa shape index (κ1) is 16.1. The van der Waals surface area contributed by atoms with Crippen LogP contribution in [0.15, 0.2) is 24.3 Å². The summed E-state index contributed by atoms with van der Waals surface area (Å²) in [6.07, 6.45) is 0. The monoisotopic (exact) mass is 254 g/mol. The Hall–Kier alpha value is -1.92. The minimum Gasteiger partial charge on any atom is -0.481 e. The summed E-state index contributed by atoms with van der Waals surface area (Å²) in [6, 6.07) is 6.80. The molecule has 0 aliphatic carbocycles. The fourth-order valence-corrected chi connectivity index (χ4v) is 1.00. The zero-order valence-electron chi connectivity index (χ0n) is 10.4. The molecule has 0 bridgehead atoms. The zero-order chi connectivity index (χ0) is 14.0. The highest BCUT2D eigenvalue weighted by atomic mass is 16.4. The van der Waals surface area contributed by atoms with Crippen LogP contribution in [0.2, 0.25) is 0 Å². The molecule has 0 atom stereocenters. The maximum Gasteiger partial charge on any atom is 0.300 e. The lowest BCUT2D eigenvalue weighted by molar-refractivity contribution is -0.134. The van der Waals surface area contributed by atoms with Gasteiger partial charge in [-0.15, -0.1) is 0 Å². The Morgan fingerprint density at radius 2 is 1.72 bits per heavy atom. The molecule has 0 saturated heterocycles. The van der Waals surface area contributed by atoms with Crippen LogP contribution in [-0.2, 0) is 11.4 Å². The first-order chi connectivity index (χ1) is 8.51. The molecule has 6 nitrogen and oxygen atoms in total. The highest BCUT2D eigenvalue weighted by molar-refractivity contribution is 5.93. The van der Waals surface area contributed by atoms with Crippen molar-refractivity contribution in [2.75, 3.05) is 6.54 Å². The topological polar surface area (TPSA) is 98.7 Å². The van der Waals surface area contributed by atoms with Crippen molar-refractivity contribution in [1.29, 1.82) is 0 Å². The van der Waals surface area contributed by atoms with E-state index < -0.39 is 5.97 Å². The number of rotatable bonds is 4. The van der Waals surface area contributed by atoms with Crippen molar-refractivity contribution in [2.24, 2.45) is 0 Å². The van der Waals surface area contributed by atoms with Crippen LogP contribution in [0.25, 0.3) is 0 Å². The van der Waals surface area contributed by atoms with E-state index in [9.17, 15) is 4.79 Å². The SMILES string of the molecule is CC(=O)O.CCNNC(=O)c1ccc(CO)cc1. The van der Waals surface area contributed by atoms with Gasteiger partial charge in [0.05, 0.1) is 6.61 Å². The Morgan fingerprint density at radius 3 is 2.11 bits per heavy atom. The van der Waals surface area contributed by atoms with Crippen LogP contribution in [0.1, 0.15) is 29.8 Å². The molecular formula is C12H18N2O4. The van der Waals surface area contributed by atoms with E-state index in [0.717, 1.165) is 12.5 Å². The smallest absolute Gasteiger partial charge is 0.300 e. The minimum atomic E-state index is -0.833. The number of carboxylic acids is 1. The molecule has 0 fully saturated rings. The lowest BCUT2D eigenvalue weighted by atomic mass is 10.1. The van der Waals surface area contributed by atoms with Crippen LogP contribution in [0.5, 0.6) is 0 Å². The molecule has 1 amide bonds. The predicted octanol–water partition coefficient (Wildman–Crippen LogP) is 0.524. The van der Waals surface area contributed by atoms with Gasteiger partial charge < -0.3 is 10.2 Å². The van der Waals surface area contributed by atoms with E-state index in [4.69, 9.17) is 15.0 Å². The molecule has 0 saturated carbocycles. The van der Waals surface area contributed by atoms with E-state index in [2.05, 4.69) is 10.9 Å². The number of nitrogens with one attached hydrogen (secondary N) is 2. The molecule has 4 N–H and O–H groups in total. The van der Waals surface area contributed by atoms with E-state index in [1.54, 1.807) is 24.3 Å². The summed E-state index contributed by atoms with van der Waals surface area (Å²) >= 11 is 0. The van der Waals surface area contributed by atoms with Gasteiger partial charge in [-0.3, -0.25) is 15.0 Å². The molecule has 1 rings (SSSR count). The third-order valence-corrected chi connectivity index (χ3v) is 1.78. The number of aliphatic carboxylic acids is 1. The standard InChI is InChI=1S/C10H14N2O2.C2H4O2/c1-2-11-12-10(14)9-5-3-8(7-13)4-6-9;1-2(3)4/h3-6,11,13H,2,7H2,1H3,(H,12,14);1H3,(H,3,4). The molecule has 0 aliphatic heterocycles. The molecule has 100 valence electrons. The quantitative estimate of drug-likeness (QED) is 0.587. The van der Waals surface area contributed by atoms with Gasteiger partial charge in [-0.2, -0.15) is 0 Å². The van der Waals surface area contributed by atoms with Crippen molar-refractivity contribution in [3.8, 4) is 0 Å². The lowest BCUT2D eigenvalue weighted by Crippen LogP contribution is -2.36. The molecule has 1 aromatic rings. The highest BCUT2D eigenvalue weighted by Gasteiger charge is 2.02. The molecule has 18 heavy (non-hydrogen) atoms. The Balaban J connectivity index is 0.000000631. The minimum absolute atomic E-state index is 0.00485. The normalized spacial score (nSPS) is 9.06. The molecule has 0 spiro atoms. The number of amides is 1. The Labute approximate surface area is 106 Å². The second-order valence-corrected chi connectivity index (χ2v) is 3.36. The Bertz CT molecular complexity index is 372. The number of aliphatic hydroxyl groups is 1. The first-order valence-electron chi connectivity index (χ1n) is 5.43. The molecule has 0 heterocycles. The Morgan fingerprint density at radius 1 is 1.22 bits per heavy atom. The number of hydrogen-bond donors (Lipinski definition) is 4. The number of benzene rings is 1. The molecule has 0 aromatic heterocycles. The van der Waals surface area contributed by atoms with Crippen LogP contribution in [0.4, 0.5) is 0 Å². The maximum atomic E-state index is 11.4. The largest absolute Gasteiger partial charge is 0.481 e.